The van der Waals surface area contributed by atoms with Crippen molar-refractivity contribution in [1.29, 1.82) is 0 Å². The predicted octanol–water partition coefficient (Wildman–Crippen LogP) is 3.75. The van der Waals surface area contributed by atoms with Crippen LogP contribution in [0.1, 0.15) is 31.7 Å². The van der Waals surface area contributed by atoms with Crippen LogP contribution in [-0.4, -0.2) is 53.1 Å². The van der Waals surface area contributed by atoms with Gasteiger partial charge in [0.05, 0.1) is 16.5 Å². The number of hydrogen-bond acceptors (Lipinski definition) is 3. The van der Waals surface area contributed by atoms with Crippen molar-refractivity contribution in [2.45, 2.75) is 38.8 Å². The van der Waals surface area contributed by atoms with Gasteiger partial charge in [0.2, 0.25) is 0 Å². The largest absolute Gasteiger partial charge is 0.481 e. The molecule has 0 aliphatic carbocycles. The Morgan fingerprint density at radius 3 is 2.48 bits per heavy atom. The van der Waals surface area contributed by atoms with Gasteiger partial charge < -0.3 is 5.11 Å². The van der Waals surface area contributed by atoms with Gasteiger partial charge in [-0.25, -0.2) is 0 Å². The maximum atomic E-state index is 11.0. The average molecular weight is 359 g/mol. The number of carbonyl (C=O) groups is 1. The molecule has 4 nitrogen and oxygen atoms in total. The molecule has 2 rings (SSSR count). The zero-order valence-electron chi connectivity index (χ0n) is 13.5. The number of carboxylic acid groups (broad SMARTS) is 1. The number of piperazine rings is 1. The molecule has 0 aromatic heterocycles. The Hall–Kier alpha value is -0.810. The molecule has 0 amide bonds. The summed E-state index contributed by atoms with van der Waals surface area (Å²) >= 11 is 12.0. The Morgan fingerprint density at radius 2 is 1.91 bits per heavy atom. The maximum Gasteiger partial charge on any atom is 0.304 e. The normalized spacial score (nSPS) is 18.0. The first-order chi connectivity index (χ1) is 11.0. The van der Waals surface area contributed by atoms with E-state index in [1.165, 1.54) is 0 Å². The van der Waals surface area contributed by atoms with Crippen molar-refractivity contribution in [3.05, 3.63) is 33.8 Å². The van der Waals surface area contributed by atoms with Gasteiger partial charge in [0.25, 0.3) is 0 Å². The molecule has 1 saturated heterocycles. The molecule has 6 heteroatoms. The first-order valence-corrected chi connectivity index (χ1v) is 8.87. The van der Waals surface area contributed by atoms with Gasteiger partial charge >= 0.3 is 5.97 Å². The summed E-state index contributed by atoms with van der Waals surface area (Å²) in [6.45, 7) is 6.68. The van der Waals surface area contributed by atoms with E-state index in [2.05, 4.69) is 16.7 Å². The van der Waals surface area contributed by atoms with Crippen LogP contribution in [0.4, 0.5) is 0 Å². The van der Waals surface area contributed by atoms with Gasteiger partial charge in [0.15, 0.2) is 0 Å². The molecule has 23 heavy (non-hydrogen) atoms. The molecule has 1 N–H and O–H groups in total. The first-order valence-electron chi connectivity index (χ1n) is 8.11. The molecule has 0 radical (unpaired) electrons. The van der Waals surface area contributed by atoms with Crippen LogP contribution >= 0.6 is 23.2 Å². The molecule has 0 spiro atoms. The highest BCUT2D eigenvalue weighted by atomic mass is 35.5. The highest BCUT2D eigenvalue weighted by Gasteiger charge is 2.25. The lowest BCUT2D eigenvalue weighted by Crippen LogP contribution is -2.50. The van der Waals surface area contributed by atoms with Crippen molar-refractivity contribution >= 4 is 29.2 Å². The molecule has 1 aromatic carbocycles. The summed E-state index contributed by atoms with van der Waals surface area (Å²) in [7, 11) is 0. The Labute approximate surface area is 148 Å². The summed E-state index contributed by atoms with van der Waals surface area (Å²) in [6, 6.07) is 5.91. The SMILES string of the molecule is CCCC(CC(=O)O)N1CCN(Cc2ccc(Cl)c(Cl)c2)CC1. The van der Waals surface area contributed by atoms with Crippen LogP contribution in [0.5, 0.6) is 0 Å². The molecule has 1 aliphatic rings. The van der Waals surface area contributed by atoms with Crippen molar-refractivity contribution in [1.82, 2.24) is 9.80 Å². The Bertz CT molecular complexity index is 531. The molecular weight excluding hydrogens is 335 g/mol. The van der Waals surface area contributed by atoms with Crippen molar-refractivity contribution < 1.29 is 9.90 Å². The topological polar surface area (TPSA) is 43.8 Å². The molecule has 128 valence electrons. The zero-order chi connectivity index (χ0) is 16.8. The van der Waals surface area contributed by atoms with Gasteiger partial charge in [-0.05, 0) is 24.1 Å². The third-order valence-electron chi connectivity index (χ3n) is 4.35. The smallest absolute Gasteiger partial charge is 0.304 e. The van der Waals surface area contributed by atoms with E-state index in [1.807, 2.05) is 18.2 Å². The summed E-state index contributed by atoms with van der Waals surface area (Å²) in [6.07, 6.45) is 2.20. The van der Waals surface area contributed by atoms with Gasteiger partial charge in [-0.2, -0.15) is 0 Å². The second kappa shape index (κ2) is 8.88. The summed E-state index contributed by atoms with van der Waals surface area (Å²) in [5, 5.41) is 10.2. The van der Waals surface area contributed by atoms with E-state index in [9.17, 15) is 4.79 Å². The molecule has 1 fully saturated rings. The summed E-state index contributed by atoms with van der Waals surface area (Å²) in [5.74, 6) is -0.707. The van der Waals surface area contributed by atoms with Crippen LogP contribution in [0, 0.1) is 0 Å². The minimum absolute atomic E-state index is 0.157. The van der Waals surface area contributed by atoms with Crippen LogP contribution in [-0.2, 0) is 11.3 Å². The monoisotopic (exact) mass is 358 g/mol. The van der Waals surface area contributed by atoms with Crippen molar-refractivity contribution in [2.24, 2.45) is 0 Å². The second-order valence-corrected chi connectivity index (χ2v) is 6.92. The third kappa shape index (κ3) is 5.64. The van der Waals surface area contributed by atoms with Crippen molar-refractivity contribution in [3.8, 4) is 0 Å². The number of halogens is 2. The second-order valence-electron chi connectivity index (χ2n) is 6.10. The third-order valence-corrected chi connectivity index (χ3v) is 5.08. The first kappa shape index (κ1) is 18.5. The van der Waals surface area contributed by atoms with Gasteiger partial charge in [-0.15, -0.1) is 0 Å². The number of rotatable bonds is 7. The lowest BCUT2D eigenvalue weighted by atomic mass is 10.1. The molecule has 1 aromatic rings. The standard InChI is InChI=1S/C17H24Cl2N2O2/c1-2-3-14(11-17(22)23)21-8-6-20(7-9-21)12-13-4-5-15(18)16(19)10-13/h4-5,10,14H,2-3,6-9,11-12H2,1H3,(H,22,23). The molecule has 1 heterocycles. The molecular formula is C17H24Cl2N2O2. The molecule has 0 bridgehead atoms. The van der Waals surface area contributed by atoms with Gasteiger partial charge in [-0.1, -0.05) is 42.6 Å². The molecule has 1 atom stereocenters. The van der Waals surface area contributed by atoms with E-state index in [0.29, 0.717) is 10.0 Å². The summed E-state index contributed by atoms with van der Waals surface area (Å²) in [4.78, 5) is 15.7. The summed E-state index contributed by atoms with van der Waals surface area (Å²) < 4.78 is 0. The fraction of sp³-hybridized carbons (Fsp3) is 0.588. The molecule has 1 aliphatic heterocycles. The quantitative estimate of drug-likeness (QED) is 0.805. The van der Waals surface area contributed by atoms with Gasteiger partial charge in [0.1, 0.15) is 0 Å². The van der Waals surface area contributed by atoms with Crippen molar-refractivity contribution in [3.63, 3.8) is 0 Å². The number of hydrogen-bond donors (Lipinski definition) is 1. The van der Waals surface area contributed by atoms with E-state index >= 15 is 0 Å². The van der Waals surface area contributed by atoms with Crippen LogP contribution < -0.4 is 0 Å². The van der Waals surface area contributed by atoms with Crippen LogP contribution in [0.15, 0.2) is 18.2 Å². The highest BCUT2D eigenvalue weighted by molar-refractivity contribution is 6.42. The number of carboxylic acids is 1. The Kier molecular flexibility index (Phi) is 7.15. The predicted molar refractivity (Wildman–Crippen MR) is 94.3 cm³/mol. The lowest BCUT2D eigenvalue weighted by Gasteiger charge is -2.39. The van der Waals surface area contributed by atoms with E-state index in [0.717, 1.165) is 51.1 Å². The Balaban J connectivity index is 1.87. The minimum atomic E-state index is -0.707. The number of nitrogens with zero attached hydrogens (tertiary/aromatic N) is 2. The zero-order valence-corrected chi connectivity index (χ0v) is 15.0. The fourth-order valence-corrected chi connectivity index (χ4v) is 3.45. The van der Waals surface area contributed by atoms with Crippen LogP contribution in [0.2, 0.25) is 10.0 Å². The molecule has 1 unspecified atom stereocenters. The average Bonchev–Trinajstić information content (AvgIpc) is 2.51. The minimum Gasteiger partial charge on any atom is -0.481 e. The highest BCUT2D eigenvalue weighted by Crippen LogP contribution is 2.23. The lowest BCUT2D eigenvalue weighted by molar-refractivity contribution is -0.138. The van der Waals surface area contributed by atoms with Crippen LogP contribution in [0.25, 0.3) is 0 Å². The van der Waals surface area contributed by atoms with Gasteiger partial charge in [0, 0.05) is 38.8 Å². The number of benzene rings is 1. The molecule has 0 saturated carbocycles. The maximum absolute atomic E-state index is 11.0. The fourth-order valence-electron chi connectivity index (χ4n) is 3.13. The van der Waals surface area contributed by atoms with Crippen LogP contribution in [0.3, 0.4) is 0 Å². The van der Waals surface area contributed by atoms with Gasteiger partial charge in [-0.3, -0.25) is 14.6 Å². The van der Waals surface area contributed by atoms with E-state index < -0.39 is 5.97 Å². The van der Waals surface area contributed by atoms with E-state index in [-0.39, 0.29) is 12.5 Å². The number of aliphatic carboxylic acids is 1. The van der Waals surface area contributed by atoms with E-state index in [4.69, 9.17) is 28.3 Å². The van der Waals surface area contributed by atoms with Crippen molar-refractivity contribution in [2.75, 3.05) is 26.2 Å². The van der Waals surface area contributed by atoms with E-state index in [1.54, 1.807) is 0 Å². The Morgan fingerprint density at radius 1 is 1.22 bits per heavy atom. The summed E-state index contributed by atoms with van der Waals surface area (Å²) in [5.41, 5.74) is 1.16.